The van der Waals surface area contributed by atoms with Gasteiger partial charge in [0.2, 0.25) is 0 Å². The van der Waals surface area contributed by atoms with Crippen LogP contribution in [0.4, 0.5) is 0 Å². The number of likely N-dealkylation sites (tertiary alicyclic amines) is 1. The van der Waals surface area contributed by atoms with Crippen LogP contribution in [0.2, 0.25) is 0 Å². The molecule has 10 nitrogen and oxygen atoms in total. The molecule has 0 spiro atoms. The summed E-state index contributed by atoms with van der Waals surface area (Å²) in [6.07, 6.45) is -0.818. The molecule has 4 aromatic carbocycles. The number of rotatable bonds is 12. The van der Waals surface area contributed by atoms with Crippen LogP contribution < -0.4 is 10.1 Å². The highest BCUT2D eigenvalue weighted by Crippen LogP contribution is 2.44. The molecule has 5 aromatic rings. The fourth-order valence-corrected chi connectivity index (χ4v) is 7.34. The zero-order chi connectivity index (χ0) is 32.8. The van der Waals surface area contributed by atoms with Crippen LogP contribution in [0, 0.1) is 0 Å². The normalized spacial score (nSPS) is 16.4. The SMILES string of the molecule is CC(O)=C(C(=O)OC(c1ccccc1)c1ccccc1)N1C(=O)C(NC(=O)COc2ccccc2)C1SSc1nc2ccccc2o1. The molecular formula is C35H29N3O7S2. The molecule has 0 radical (unpaired) electrons. The van der Waals surface area contributed by atoms with E-state index in [2.05, 4.69) is 10.3 Å². The summed E-state index contributed by atoms with van der Waals surface area (Å²) in [5, 5.41) is 13.0. The van der Waals surface area contributed by atoms with Gasteiger partial charge in [-0.1, -0.05) is 102 Å². The largest absolute Gasteiger partial charge is 0.510 e. The molecule has 0 saturated carbocycles. The third-order valence-corrected chi connectivity index (χ3v) is 9.57. The van der Waals surface area contributed by atoms with Gasteiger partial charge in [0.15, 0.2) is 24.0 Å². The van der Waals surface area contributed by atoms with E-state index < -0.39 is 41.1 Å². The van der Waals surface area contributed by atoms with Crippen LogP contribution in [-0.4, -0.2) is 50.8 Å². The first kappa shape index (κ1) is 31.8. The molecular weight excluding hydrogens is 639 g/mol. The van der Waals surface area contributed by atoms with Crippen molar-refractivity contribution < 1.29 is 33.4 Å². The Morgan fingerprint density at radius 1 is 0.915 bits per heavy atom. The number of hydrogen-bond donors (Lipinski definition) is 2. The monoisotopic (exact) mass is 667 g/mol. The lowest BCUT2D eigenvalue weighted by Gasteiger charge is -2.46. The third-order valence-electron chi connectivity index (χ3n) is 7.17. The Hall–Kier alpha value is -5.20. The minimum Gasteiger partial charge on any atom is -0.510 e. The number of allylic oxidation sites excluding steroid dienone is 1. The molecule has 47 heavy (non-hydrogen) atoms. The van der Waals surface area contributed by atoms with Gasteiger partial charge in [-0.05, 0) is 42.3 Å². The maximum atomic E-state index is 13.9. The number of fused-ring (bicyclic) bond motifs is 1. The summed E-state index contributed by atoms with van der Waals surface area (Å²) in [5.41, 5.74) is 2.32. The van der Waals surface area contributed by atoms with E-state index in [4.69, 9.17) is 13.9 Å². The number of ether oxygens (including phenoxy) is 2. The number of aromatic nitrogens is 1. The second kappa shape index (κ2) is 14.5. The van der Waals surface area contributed by atoms with Crippen LogP contribution in [0.15, 0.2) is 136 Å². The number of benzene rings is 4. The number of para-hydroxylation sites is 3. The summed E-state index contributed by atoms with van der Waals surface area (Å²) >= 11 is 0. The molecule has 238 valence electrons. The van der Waals surface area contributed by atoms with Gasteiger partial charge in [-0.15, -0.1) is 0 Å². The predicted molar refractivity (Wildman–Crippen MR) is 178 cm³/mol. The second-order valence-corrected chi connectivity index (χ2v) is 12.7. The van der Waals surface area contributed by atoms with Crippen molar-refractivity contribution in [2.45, 2.75) is 29.7 Å². The van der Waals surface area contributed by atoms with E-state index in [1.165, 1.54) is 6.92 Å². The summed E-state index contributed by atoms with van der Waals surface area (Å²) in [6, 6.07) is 33.4. The van der Waals surface area contributed by atoms with Crippen molar-refractivity contribution in [1.82, 2.24) is 15.2 Å². The number of carbonyl (C=O) groups is 3. The number of nitrogens with zero attached hydrogens (tertiary/aromatic N) is 2. The first-order valence-electron chi connectivity index (χ1n) is 14.6. The van der Waals surface area contributed by atoms with Crippen molar-refractivity contribution in [3.8, 4) is 5.75 Å². The molecule has 0 aliphatic carbocycles. The highest BCUT2D eigenvalue weighted by molar-refractivity contribution is 8.76. The van der Waals surface area contributed by atoms with Gasteiger partial charge in [-0.3, -0.25) is 14.5 Å². The van der Waals surface area contributed by atoms with Crippen LogP contribution in [0.25, 0.3) is 11.1 Å². The van der Waals surface area contributed by atoms with E-state index in [0.717, 1.165) is 26.5 Å². The van der Waals surface area contributed by atoms with Crippen molar-refractivity contribution in [3.05, 3.63) is 138 Å². The van der Waals surface area contributed by atoms with E-state index in [0.29, 0.717) is 33.2 Å². The van der Waals surface area contributed by atoms with Crippen molar-refractivity contribution in [1.29, 1.82) is 0 Å². The molecule has 2 heterocycles. The number of β-lactam (4-membered cyclic amide) rings is 1. The number of oxazole rings is 1. The minimum absolute atomic E-state index is 0.315. The Balaban J connectivity index is 1.24. The van der Waals surface area contributed by atoms with Crippen molar-refractivity contribution in [3.63, 3.8) is 0 Å². The van der Waals surface area contributed by atoms with Gasteiger partial charge in [0.1, 0.15) is 28.4 Å². The van der Waals surface area contributed by atoms with E-state index in [1.807, 2.05) is 84.9 Å². The lowest BCUT2D eigenvalue weighted by molar-refractivity contribution is -0.155. The number of esters is 1. The maximum Gasteiger partial charge on any atom is 0.359 e. The first-order chi connectivity index (χ1) is 22.9. The number of aliphatic hydroxyl groups excluding tert-OH is 1. The van der Waals surface area contributed by atoms with Crippen molar-refractivity contribution >= 4 is 50.5 Å². The average molecular weight is 668 g/mol. The number of hydrogen-bond acceptors (Lipinski definition) is 10. The van der Waals surface area contributed by atoms with Gasteiger partial charge >= 0.3 is 5.97 Å². The molecule has 1 aliphatic rings. The van der Waals surface area contributed by atoms with Gasteiger partial charge in [0, 0.05) is 10.8 Å². The van der Waals surface area contributed by atoms with E-state index in [-0.39, 0.29) is 12.3 Å². The van der Waals surface area contributed by atoms with Crippen LogP contribution in [0.3, 0.4) is 0 Å². The molecule has 0 bridgehead atoms. The van der Waals surface area contributed by atoms with E-state index in [9.17, 15) is 19.5 Å². The Morgan fingerprint density at radius 3 is 2.13 bits per heavy atom. The fourth-order valence-electron chi connectivity index (χ4n) is 4.96. The smallest absolute Gasteiger partial charge is 0.359 e. The fraction of sp³-hybridized carbons (Fsp3) is 0.143. The van der Waals surface area contributed by atoms with Crippen LogP contribution in [-0.2, 0) is 19.1 Å². The molecule has 1 aliphatic heterocycles. The second-order valence-electron chi connectivity index (χ2n) is 10.4. The Kier molecular flexibility index (Phi) is 9.79. The molecule has 1 saturated heterocycles. The zero-order valence-corrected chi connectivity index (χ0v) is 26.6. The van der Waals surface area contributed by atoms with Crippen molar-refractivity contribution in [2.24, 2.45) is 0 Å². The van der Waals surface area contributed by atoms with Crippen LogP contribution >= 0.6 is 21.6 Å². The summed E-state index contributed by atoms with van der Waals surface area (Å²) < 4.78 is 17.4. The summed E-state index contributed by atoms with van der Waals surface area (Å²) in [6.45, 7) is 0.974. The average Bonchev–Trinajstić information content (AvgIpc) is 3.52. The van der Waals surface area contributed by atoms with Gasteiger partial charge < -0.3 is 24.3 Å². The lowest BCUT2D eigenvalue weighted by atomic mass is 10.0. The number of nitrogens with one attached hydrogen (secondary N) is 1. The molecule has 1 fully saturated rings. The van der Waals surface area contributed by atoms with Gasteiger partial charge in [-0.25, -0.2) is 9.78 Å². The molecule has 12 heteroatoms. The number of carbonyl (C=O) groups excluding carboxylic acids is 3. The molecule has 2 atom stereocenters. The molecule has 2 amide bonds. The van der Waals surface area contributed by atoms with Gasteiger partial charge in [0.25, 0.3) is 17.0 Å². The molecule has 2 unspecified atom stereocenters. The Labute approximate surface area is 278 Å². The van der Waals surface area contributed by atoms with Crippen molar-refractivity contribution in [2.75, 3.05) is 6.61 Å². The van der Waals surface area contributed by atoms with Gasteiger partial charge in [0.05, 0.1) is 0 Å². The quantitative estimate of drug-likeness (QED) is 0.0505. The number of aliphatic hydroxyl groups is 1. The molecule has 6 rings (SSSR count). The maximum absolute atomic E-state index is 13.9. The number of amides is 2. The first-order valence-corrected chi connectivity index (χ1v) is 16.8. The summed E-state index contributed by atoms with van der Waals surface area (Å²) in [7, 11) is 2.27. The minimum atomic E-state index is -1.05. The van der Waals surface area contributed by atoms with Crippen LogP contribution in [0.5, 0.6) is 5.75 Å². The van der Waals surface area contributed by atoms with E-state index >= 15 is 0 Å². The Morgan fingerprint density at radius 2 is 1.51 bits per heavy atom. The predicted octanol–water partition coefficient (Wildman–Crippen LogP) is 6.42. The summed E-state index contributed by atoms with van der Waals surface area (Å²) in [5.74, 6) is -1.98. The third kappa shape index (κ3) is 7.29. The highest BCUT2D eigenvalue weighted by Gasteiger charge is 2.53. The zero-order valence-electron chi connectivity index (χ0n) is 25.0. The topological polar surface area (TPSA) is 131 Å². The standard InChI is InChI=1S/C35H29N3O7S2/c1-22(39)30(34(42)45-31(23-13-5-2-6-14-23)24-15-7-3-8-16-24)38-32(41)29(37-28(40)21-43-25-17-9-4-10-18-25)33(38)46-47-35-36-26-19-11-12-20-27(26)44-35/h2-20,29,31,33,39H,21H2,1H3,(H,37,40). The van der Waals surface area contributed by atoms with Crippen LogP contribution in [0.1, 0.15) is 24.2 Å². The van der Waals surface area contributed by atoms with Gasteiger partial charge in [-0.2, -0.15) is 0 Å². The Bertz CT molecular complexity index is 1830. The van der Waals surface area contributed by atoms with E-state index in [1.54, 1.807) is 30.3 Å². The highest BCUT2D eigenvalue weighted by atomic mass is 33.1. The molecule has 1 aromatic heterocycles. The molecule has 2 N–H and O–H groups in total. The lowest BCUT2D eigenvalue weighted by Crippen LogP contribution is -2.69. The summed E-state index contributed by atoms with van der Waals surface area (Å²) in [4.78, 5) is 46.0.